The number of nitrogens with zero attached hydrogens (tertiary/aromatic N) is 2. The zero-order valence-corrected chi connectivity index (χ0v) is 11.6. The Morgan fingerprint density at radius 3 is 2.79 bits per heavy atom. The quantitative estimate of drug-likeness (QED) is 0.485. The molecule has 19 heavy (non-hydrogen) atoms. The molecule has 0 saturated carbocycles. The lowest BCUT2D eigenvalue weighted by Gasteiger charge is -2.13. The predicted molar refractivity (Wildman–Crippen MR) is 74.7 cm³/mol. The fraction of sp³-hybridized carbons (Fsp3) is 0.500. The lowest BCUT2D eigenvalue weighted by atomic mass is 10.1. The Kier molecular flexibility index (Phi) is 5.46. The molecule has 1 rings (SSSR count). The van der Waals surface area contributed by atoms with Crippen molar-refractivity contribution in [3.8, 4) is 12.3 Å². The van der Waals surface area contributed by atoms with E-state index in [2.05, 4.69) is 23.1 Å². The van der Waals surface area contributed by atoms with Gasteiger partial charge in [-0.2, -0.15) is 0 Å². The van der Waals surface area contributed by atoms with Gasteiger partial charge in [0.05, 0.1) is 16.7 Å². The fourth-order valence-electron chi connectivity index (χ4n) is 1.98. The summed E-state index contributed by atoms with van der Waals surface area (Å²) >= 11 is 0. The standard InChI is InChI=1S/C14H19N3O2/c1-5-7-12(6-2)15-9-13-11(4)14(17(18)19)10(3)8-16-13/h2,8,12,15H,5,7,9H2,1,3-4H3. The van der Waals surface area contributed by atoms with E-state index < -0.39 is 0 Å². The monoisotopic (exact) mass is 261 g/mol. The van der Waals surface area contributed by atoms with Gasteiger partial charge in [-0.1, -0.05) is 19.3 Å². The molecule has 0 aliphatic carbocycles. The minimum absolute atomic E-state index is 0.0217. The maximum absolute atomic E-state index is 11.0. The van der Waals surface area contributed by atoms with Gasteiger partial charge in [-0.3, -0.25) is 20.4 Å². The summed E-state index contributed by atoms with van der Waals surface area (Å²) in [6.45, 7) is 5.92. The zero-order chi connectivity index (χ0) is 14.4. The summed E-state index contributed by atoms with van der Waals surface area (Å²) in [6, 6.07) is -0.0217. The number of hydrogen-bond acceptors (Lipinski definition) is 4. The molecular weight excluding hydrogens is 242 g/mol. The van der Waals surface area contributed by atoms with E-state index in [1.165, 1.54) is 6.20 Å². The van der Waals surface area contributed by atoms with Crippen LogP contribution < -0.4 is 5.32 Å². The van der Waals surface area contributed by atoms with Gasteiger partial charge < -0.3 is 0 Å². The molecule has 0 aliphatic heterocycles. The highest BCUT2D eigenvalue weighted by atomic mass is 16.6. The first-order chi connectivity index (χ1) is 9.01. The van der Waals surface area contributed by atoms with Gasteiger partial charge in [0.1, 0.15) is 0 Å². The maximum Gasteiger partial charge on any atom is 0.278 e. The molecule has 0 aliphatic rings. The molecule has 0 aromatic carbocycles. The molecule has 1 N–H and O–H groups in total. The number of rotatable bonds is 6. The minimum Gasteiger partial charge on any atom is -0.298 e. The van der Waals surface area contributed by atoms with Crippen molar-refractivity contribution in [1.29, 1.82) is 0 Å². The number of nitro groups is 1. The molecule has 1 atom stereocenters. The first-order valence-electron chi connectivity index (χ1n) is 6.30. The van der Waals surface area contributed by atoms with Crippen LogP contribution in [0.2, 0.25) is 0 Å². The third-order valence-electron chi connectivity index (χ3n) is 3.05. The molecule has 1 aromatic heterocycles. The summed E-state index contributed by atoms with van der Waals surface area (Å²) in [5.41, 5.74) is 1.99. The SMILES string of the molecule is C#CC(CCC)NCc1ncc(C)c([N+](=O)[O-])c1C. The Hall–Kier alpha value is -1.93. The fourth-order valence-corrected chi connectivity index (χ4v) is 1.98. The normalized spacial score (nSPS) is 11.9. The van der Waals surface area contributed by atoms with Crippen LogP contribution >= 0.6 is 0 Å². The highest BCUT2D eigenvalue weighted by Crippen LogP contribution is 2.23. The maximum atomic E-state index is 11.0. The van der Waals surface area contributed by atoms with Gasteiger partial charge in [-0.05, 0) is 20.3 Å². The second kappa shape index (κ2) is 6.86. The van der Waals surface area contributed by atoms with Gasteiger partial charge in [-0.25, -0.2) is 0 Å². The van der Waals surface area contributed by atoms with Crippen molar-refractivity contribution in [3.63, 3.8) is 0 Å². The highest BCUT2D eigenvalue weighted by molar-refractivity contribution is 5.47. The lowest BCUT2D eigenvalue weighted by Crippen LogP contribution is -2.27. The molecule has 5 nitrogen and oxygen atoms in total. The van der Waals surface area contributed by atoms with E-state index in [1.807, 2.05) is 0 Å². The summed E-state index contributed by atoms with van der Waals surface area (Å²) in [7, 11) is 0. The van der Waals surface area contributed by atoms with Crippen LogP contribution in [0.5, 0.6) is 0 Å². The number of aryl methyl sites for hydroxylation is 1. The van der Waals surface area contributed by atoms with E-state index in [1.54, 1.807) is 13.8 Å². The largest absolute Gasteiger partial charge is 0.298 e. The van der Waals surface area contributed by atoms with Gasteiger partial charge in [0, 0.05) is 23.9 Å². The Labute approximate surface area is 113 Å². The van der Waals surface area contributed by atoms with Crippen LogP contribution in [0.1, 0.15) is 36.6 Å². The average Bonchev–Trinajstić information content (AvgIpc) is 2.36. The average molecular weight is 261 g/mol. The van der Waals surface area contributed by atoms with Crippen molar-refractivity contribution in [2.75, 3.05) is 0 Å². The van der Waals surface area contributed by atoms with Crippen LogP contribution in [0.3, 0.4) is 0 Å². The van der Waals surface area contributed by atoms with Crippen LogP contribution in [-0.4, -0.2) is 15.9 Å². The van der Waals surface area contributed by atoms with Gasteiger partial charge in [0.25, 0.3) is 5.69 Å². The lowest BCUT2D eigenvalue weighted by molar-refractivity contribution is -0.386. The van der Waals surface area contributed by atoms with Gasteiger partial charge >= 0.3 is 0 Å². The topological polar surface area (TPSA) is 68.1 Å². The van der Waals surface area contributed by atoms with Crippen molar-refractivity contribution in [3.05, 3.63) is 33.1 Å². The third-order valence-corrected chi connectivity index (χ3v) is 3.05. The van der Waals surface area contributed by atoms with Crippen molar-refractivity contribution < 1.29 is 4.92 Å². The van der Waals surface area contributed by atoms with E-state index in [9.17, 15) is 10.1 Å². The first kappa shape index (κ1) is 15.1. The van der Waals surface area contributed by atoms with Gasteiger partial charge in [0.15, 0.2) is 0 Å². The Balaban J connectivity index is 2.89. The van der Waals surface area contributed by atoms with Crippen LogP contribution in [-0.2, 0) is 6.54 Å². The highest BCUT2D eigenvalue weighted by Gasteiger charge is 2.18. The van der Waals surface area contributed by atoms with Crippen LogP contribution in [0.25, 0.3) is 0 Å². The molecule has 0 fully saturated rings. The number of pyridine rings is 1. The third kappa shape index (κ3) is 3.76. The van der Waals surface area contributed by atoms with E-state index in [0.29, 0.717) is 23.4 Å². The van der Waals surface area contributed by atoms with Crippen molar-refractivity contribution in [2.24, 2.45) is 0 Å². The van der Waals surface area contributed by atoms with Gasteiger partial charge in [0.2, 0.25) is 0 Å². The second-order valence-electron chi connectivity index (χ2n) is 4.51. The Morgan fingerprint density at radius 2 is 2.26 bits per heavy atom. The van der Waals surface area contributed by atoms with Crippen molar-refractivity contribution in [2.45, 2.75) is 46.2 Å². The molecule has 1 unspecified atom stereocenters. The Morgan fingerprint density at radius 1 is 1.58 bits per heavy atom. The van der Waals surface area contributed by atoms with Crippen LogP contribution in [0.4, 0.5) is 5.69 Å². The first-order valence-corrected chi connectivity index (χ1v) is 6.30. The van der Waals surface area contributed by atoms with E-state index in [0.717, 1.165) is 12.8 Å². The molecule has 1 aromatic rings. The Bertz CT molecular complexity index is 506. The number of terminal acetylenes is 1. The molecule has 1 heterocycles. The molecule has 0 bridgehead atoms. The second-order valence-corrected chi connectivity index (χ2v) is 4.51. The van der Waals surface area contributed by atoms with Crippen molar-refractivity contribution >= 4 is 5.69 Å². The van der Waals surface area contributed by atoms with E-state index in [4.69, 9.17) is 6.42 Å². The summed E-state index contributed by atoms with van der Waals surface area (Å²) in [5, 5.41) is 14.2. The molecule has 0 spiro atoms. The summed E-state index contributed by atoms with van der Waals surface area (Å²) in [5.74, 6) is 2.67. The number of aromatic nitrogens is 1. The summed E-state index contributed by atoms with van der Waals surface area (Å²) < 4.78 is 0. The summed E-state index contributed by atoms with van der Waals surface area (Å²) in [6.07, 6.45) is 8.82. The molecular formula is C14H19N3O2. The molecule has 0 saturated heterocycles. The van der Waals surface area contributed by atoms with E-state index >= 15 is 0 Å². The number of nitrogens with one attached hydrogen (secondary N) is 1. The minimum atomic E-state index is -0.361. The predicted octanol–water partition coefficient (Wildman–Crippen LogP) is 2.50. The molecule has 0 radical (unpaired) electrons. The smallest absolute Gasteiger partial charge is 0.278 e. The van der Waals surface area contributed by atoms with Crippen molar-refractivity contribution in [1.82, 2.24) is 10.3 Å². The van der Waals surface area contributed by atoms with Crippen LogP contribution in [0.15, 0.2) is 6.20 Å². The molecule has 0 amide bonds. The van der Waals surface area contributed by atoms with E-state index in [-0.39, 0.29) is 16.7 Å². The zero-order valence-electron chi connectivity index (χ0n) is 11.6. The molecule has 5 heteroatoms. The van der Waals surface area contributed by atoms with Crippen LogP contribution in [0, 0.1) is 36.3 Å². The molecule has 102 valence electrons. The van der Waals surface area contributed by atoms with Gasteiger partial charge in [-0.15, -0.1) is 6.42 Å². The number of hydrogen-bond donors (Lipinski definition) is 1. The summed E-state index contributed by atoms with van der Waals surface area (Å²) in [4.78, 5) is 14.9.